The van der Waals surface area contributed by atoms with E-state index in [0.29, 0.717) is 0 Å². The van der Waals surface area contributed by atoms with E-state index in [1.165, 1.54) is 18.4 Å². The van der Waals surface area contributed by atoms with Gasteiger partial charge >= 0.3 is 0 Å². The molecule has 0 amide bonds. The predicted octanol–water partition coefficient (Wildman–Crippen LogP) is 5.44. The lowest BCUT2D eigenvalue weighted by Crippen LogP contribution is -1.87. The Morgan fingerprint density at radius 2 is 1.46 bits per heavy atom. The largest absolute Gasteiger partial charge is 0.0999 e. The molecule has 0 aliphatic carbocycles. The molecule has 0 N–H and O–H groups in total. The molecule has 0 nitrogen and oxygen atoms in total. The summed E-state index contributed by atoms with van der Waals surface area (Å²) in [5.74, 6) is 0.827. The number of allylic oxidation sites excluding steroid dienone is 1. The van der Waals surface area contributed by atoms with E-state index < -0.39 is 0 Å². The van der Waals surface area contributed by atoms with Crippen LogP contribution in [0.4, 0.5) is 0 Å². The third kappa shape index (κ3) is 24.5. The molecule has 0 spiro atoms. The van der Waals surface area contributed by atoms with Crippen molar-refractivity contribution in [1.82, 2.24) is 0 Å². The summed E-state index contributed by atoms with van der Waals surface area (Å²) in [6.07, 6.45) is 3.66. The van der Waals surface area contributed by atoms with Gasteiger partial charge in [0.25, 0.3) is 0 Å². The minimum absolute atomic E-state index is 0.827. The first-order chi connectivity index (χ1) is 6.16. The molecule has 0 fully saturated rings. The second kappa shape index (κ2) is 17.7. The highest BCUT2D eigenvalue weighted by Crippen LogP contribution is 2.11. The molecule has 0 saturated carbocycles. The van der Waals surface area contributed by atoms with Gasteiger partial charge in [-0.15, -0.1) is 0 Å². The summed E-state index contributed by atoms with van der Waals surface area (Å²) >= 11 is 0. The summed E-state index contributed by atoms with van der Waals surface area (Å²) < 4.78 is 0. The Morgan fingerprint density at radius 3 is 1.69 bits per heavy atom. The molecule has 0 bridgehead atoms. The smallest absolute Gasteiger partial charge is 0.0321 e. The van der Waals surface area contributed by atoms with Crippen LogP contribution in [0.15, 0.2) is 12.2 Å². The zero-order valence-electron chi connectivity index (χ0n) is 10.9. The summed E-state index contributed by atoms with van der Waals surface area (Å²) in [6, 6.07) is 0. The Morgan fingerprint density at radius 1 is 1.08 bits per heavy atom. The van der Waals surface area contributed by atoms with Crippen molar-refractivity contribution in [3.8, 4) is 0 Å². The highest BCUT2D eigenvalue weighted by atomic mass is 14.0. The molecule has 0 aromatic rings. The van der Waals surface area contributed by atoms with E-state index in [4.69, 9.17) is 0 Å². The van der Waals surface area contributed by atoms with E-state index in [-0.39, 0.29) is 0 Å². The molecule has 0 heterocycles. The van der Waals surface area contributed by atoms with Gasteiger partial charge in [0.15, 0.2) is 0 Å². The minimum atomic E-state index is 0.827. The molecular weight excluding hydrogens is 156 g/mol. The highest BCUT2D eigenvalue weighted by molar-refractivity contribution is 4.91. The predicted molar refractivity (Wildman–Crippen MR) is 66.2 cm³/mol. The second-order valence-corrected chi connectivity index (χ2v) is 3.04. The Hall–Kier alpha value is -0.260. The topological polar surface area (TPSA) is 0 Å². The van der Waals surface area contributed by atoms with Gasteiger partial charge in [-0.25, -0.2) is 0 Å². The number of hydrogen-bond acceptors (Lipinski definition) is 0. The van der Waals surface area contributed by atoms with Crippen LogP contribution in [-0.2, 0) is 0 Å². The van der Waals surface area contributed by atoms with Crippen LogP contribution < -0.4 is 0 Å². The number of rotatable bonds is 4. The minimum Gasteiger partial charge on any atom is -0.0999 e. The standard InChI is InChI=1S/C9H18.2C2H6/c1-5-9(4)7-6-8(2)3;2*1-2/h8H,4-7H2,1-3H3;2*1-2H3. The first-order valence-electron chi connectivity index (χ1n) is 5.83. The molecule has 0 aromatic carbocycles. The van der Waals surface area contributed by atoms with Gasteiger partial charge in [-0.2, -0.15) is 0 Å². The lowest BCUT2D eigenvalue weighted by atomic mass is 10.0. The molecule has 0 aliphatic heterocycles. The van der Waals surface area contributed by atoms with E-state index in [1.807, 2.05) is 27.7 Å². The summed E-state index contributed by atoms with van der Waals surface area (Å²) in [5, 5.41) is 0. The van der Waals surface area contributed by atoms with Crippen molar-refractivity contribution < 1.29 is 0 Å². The SMILES string of the molecule is C=C(CC)CCC(C)C.CC.CC. The van der Waals surface area contributed by atoms with Gasteiger partial charge in [0, 0.05) is 0 Å². The average molecular weight is 186 g/mol. The van der Waals surface area contributed by atoms with Crippen molar-refractivity contribution in [1.29, 1.82) is 0 Å². The van der Waals surface area contributed by atoms with Gasteiger partial charge in [-0.3, -0.25) is 0 Å². The van der Waals surface area contributed by atoms with E-state index in [1.54, 1.807) is 0 Å². The van der Waals surface area contributed by atoms with Crippen molar-refractivity contribution in [2.45, 2.75) is 67.7 Å². The number of hydrogen-bond donors (Lipinski definition) is 0. The van der Waals surface area contributed by atoms with Crippen molar-refractivity contribution in [2.75, 3.05) is 0 Å². The van der Waals surface area contributed by atoms with Gasteiger partial charge in [-0.1, -0.05) is 60.6 Å². The molecule has 0 unspecified atom stereocenters. The Bertz CT molecular complexity index is 80.0. The van der Waals surface area contributed by atoms with Crippen molar-refractivity contribution in [2.24, 2.45) is 5.92 Å². The molecule has 0 saturated heterocycles. The summed E-state index contributed by atoms with van der Waals surface area (Å²) in [7, 11) is 0. The van der Waals surface area contributed by atoms with Crippen LogP contribution in [0.2, 0.25) is 0 Å². The van der Waals surface area contributed by atoms with E-state index in [0.717, 1.165) is 12.3 Å². The Kier molecular flexibility index (Phi) is 25.2. The fourth-order valence-electron chi connectivity index (χ4n) is 0.670. The molecule has 82 valence electrons. The molecule has 0 radical (unpaired) electrons. The lowest BCUT2D eigenvalue weighted by Gasteiger charge is -2.04. The van der Waals surface area contributed by atoms with E-state index >= 15 is 0 Å². The maximum Gasteiger partial charge on any atom is -0.0321 e. The summed E-state index contributed by atoms with van der Waals surface area (Å²) in [4.78, 5) is 0. The monoisotopic (exact) mass is 186 g/mol. The molecular formula is C13H30. The molecule has 0 heteroatoms. The zero-order chi connectivity index (χ0) is 11.3. The maximum atomic E-state index is 3.95. The maximum absolute atomic E-state index is 3.95. The van der Waals surface area contributed by atoms with Crippen LogP contribution in [0.3, 0.4) is 0 Å². The molecule has 0 atom stereocenters. The quantitative estimate of drug-likeness (QED) is 0.513. The van der Waals surface area contributed by atoms with Crippen molar-refractivity contribution >= 4 is 0 Å². The zero-order valence-corrected chi connectivity index (χ0v) is 10.9. The molecule has 0 rings (SSSR count). The molecule has 13 heavy (non-hydrogen) atoms. The Labute approximate surface area is 86.4 Å². The van der Waals surface area contributed by atoms with Gasteiger partial charge in [0.1, 0.15) is 0 Å². The van der Waals surface area contributed by atoms with Crippen molar-refractivity contribution in [3.05, 3.63) is 12.2 Å². The Balaban J connectivity index is -0.000000218. The van der Waals surface area contributed by atoms with Gasteiger partial charge < -0.3 is 0 Å². The summed E-state index contributed by atoms with van der Waals surface area (Å²) in [6.45, 7) is 18.6. The van der Waals surface area contributed by atoms with Gasteiger partial charge in [0.05, 0.1) is 0 Å². The van der Waals surface area contributed by atoms with Crippen molar-refractivity contribution in [3.63, 3.8) is 0 Å². The normalized spacial score (nSPS) is 8.00. The molecule has 0 aromatic heterocycles. The van der Waals surface area contributed by atoms with Crippen LogP contribution in [0.1, 0.15) is 67.7 Å². The van der Waals surface area contributed by atoms with Crippen LogP contribution >= 0.6 is 0 Å². The summed E-state index contributed by atoms with van der Waals surface area (Å²) in [5.41, 5.74) is 1.39. The van der Waals surface area contributed by atoms with E-state index in [2.05, 4.69) is 27.4 Å². The second-order valence-electron chi connectivity index (χ2n) is 3.04. The lowest BCUT2D eigenvalue weighted by molar-refractivity contribution is 0.580. The van der Waals surface area contributed by atoms with Gasteiger partial charge in [0.2, 0.25) is 0 Å². The van der Waals surface area contributed by atoms with Gasteiger partial charge in [-0.05, 0) is 25.2 Å². The fourth-order valence-corrected chi connectivity index (χ4v) is 0.670. The van der Waals surface area contributed by atoms with Crippen LogP contribution in [0.5, 0.6) is 0 Å². The highest BCUT2D eigenvalue weighted by Gasteiger charge is 1.94. The fraction of sp³-hybridized carbons (Fsp3) is 0.846. The van der Waals surface area contributed by atoms with Crippen LogP contribution in [0, 0.1) is 5.92 Å². The van der Waals surface area contributed by atoms with Crippen LogP contribution in [-0.4, -0.2) is 0 Å². The van der Waals surface area contributed by atoms with Crippen LogP contribution in [0.25, 0.3) is 0 Å². The average Bonchev–Trinajstić information content (AvgIpc) is 2.20. The first kappa shape index (κ1) is 18.5. The third-order valence-corrected chi connectivity index (χ3v) is 1.58. The molecule has 0 aliphatic rings. The third-order valence-electron chi connectivity index (χ3n) is 1.58. The first-order valence-corrected chi connectivity index (χ1v) is 5.83. The van der Waals surface area contributed by atoms with E-state index in [9.17, 15) is 0 Å².